The number of hydrogen-bond acceptors (Lipinski definition) is 6. The molecule has 0 saturated carbocycles. The smallest absolute Gasteiger partial charge is 0.387 e. The van der Waals surface area contributed by atoms with Crippen molar-refractivity contribution >= 4 is 25.4 Å². The molecule has 0 heterocycles. The molecule has 11 heteroatoms. The van der Waals surface area contributed by atoms with E-state index in [2.05, 4.69) is 4.74 Å². The van der Waals surface area contributed by atoms with E-state index < -0.39 is 42.5 Å². The quantitative estimate of drug-likeness (QED) is 0.477. The molecule has 0 aromatic heterocycles. The summed E-state index contributed by atoms with van der Waals surface area (Å²) in [5.74, 6) is -1.21. The molecule has 19 heavy (non-hydrogen) atoms. The van der Waals surface area contributed by atoms with E-state index in [1.54, 1.807) is 0 Å². The lowest BCUT2D eigenvalue weighted by Gasteiger charge is -2.09. The van der Waals surface area contributed by atoms with Crippen LogP contribution in [0.15, 0.2) is 17.0 Å². The van der Waals surface area contributed by atoms with Gasteiger partial charge in [0.15, 0.2) is 0 Å². The van der Waals surface area contributed by atoms with Gasteiger partial charge in [-0.1, -0.05) is 0 Å². The molecule has 0 unspecified atom stereocenters. The van der Waals surface area contributed by atoms with E-state index in [-0.39, 0.29) is 0 Å². The molecule has 0 atom stereocenters. The summed E-state index contributed by atoms with van der Waals surface area (Å²) in [5, 5.41) is 19.3. The lowest BCUT2D eigenvalue weighted by molar-refractivity contribution is -0.386. The highest BCUT2D eigenvalue weighted by molar-refractivity contribution is 8.13. The fraction of sp³-hybridized carbons (Fsp3) is 0.125. The summed E-state index contributed by atoms with van der Waals surface area (Å²) < 4.78 is 50.5. The third-order valence-electron chi connectivity index (χ3n) is 1.83. The van der Waals surface area contributed by atoms with Gasteiger partial charge in [-0.25, -0.2) is 8.42 Å². The Balaban J connectivity index is 3.72. The van der Waals surface area contributed by atoms with E-state index in [9.17, 15) is 27.3 Å². The van der Waals surface area contributed by atoms with Gasteiger partial charge in [-0.3, -0.25) is 10.1 Å². The molecule has 0 spiro atoms. The van der Waals surface area contributed by atoms with Gasteiger partial charge in [0.1, 0.15) is 4.90 Å². The Hall–Kier alpha value is -1.99. The third-order valence-corrected chi connectivity index (χ3v) is 3.16. The molecule has 0 N–H and O–H groups in total. The van der Waals surface area contributed by atoms with Crippen molar-refractivity contribution in [3.8, 4) is 11.8 Å². The van der Waals surface area contributed by atoms with Crippen molar-refractivity contribution in [1.82, 2.24) is 0 Å². The normalized spacial score (nSPS) is 11.1. The van der Waals surface area contributed by atoms with Crippen molar-refractivity contribution in [2.24, 2.45) is 0 Å². The average molecular weight is 313 g/mol. The average Bonchev–Trinajstić information content (AvgIpc) is 2.26. The van der Waals surface area contributed by atoms with Crippen molar-refractivity contribution in [2.75, 3.05) is 0 Å². The van der Waals surface area contributed by atoms with Crippen LogP contribution >= 0.6 is 10.7 Å². The number of rotatable bonds is 4. The fourth-order valence-corrected chi connectivity index (χ4v) is 2.16. The van der Waals surface area contributed by atoms with Crippen molar-refractivity contribution in [1.29, 1.82) is 5.26 Å². The SMILES string of the molecule is N#Cc1cc([N+](=O)[O-])c(OC(F)F)c(S(=O)(=O)Cl)c1. The summed E-state index contributed by atoms with van der Waals surface area (Å²) in [6, 6.07) is 2.65. The molecule has 7 nitrogen and oxygen atoms in total. The highest BCUT2D eigenvalue weighted by atomic mass is 35.7. The first-order valence-electron chi connectivity index (χ1n) is 4.29. The minimum absolute atomic E-state index is 0.437. The molecular formula is C8H3ClF2N2O5S. The standard InChI is InChI=1S/C8H3ClF2N2O5S/c9-19(16,17)6-2-4(3-12)1-5(13(14)15)7(6)18-8(10)11/h1-2,8H. The molecule has 0 aliphatic heterocycles. The van der Waals surface area contributed by atoms with E-state index in [4.69, 9.17) is 15.9 Å². The number of hydrogen-bond donors (Lipinski definition) is 0. The summed E-state index contributed by atoms with van der Waals surface area (Å²) in [6.07, 6.45) is 0. The molecule has 1 aromatic rings. The number of nitriles is 1. The lowest BCUT2D eigenvalue weighted by Crippen LogP contribution is -2.09. The van der Waals surface area contributed by atoms with Crippen molar-refractivity contribution in [3.05, 3.63) is 27.8 Å². The predicted octanol–water partition coefficient (Wildman–Crippen LogP) is 2.00. The zero-order valence-electron chi connectivity index (χ0n) is 8.71. The topological polar surface area (TPSA) is 110 Å². The second-order valence-corrected chi connectivity index (χ2v) is 5.54. The van der Waals surface area contributed by atoms with Crippen LogP contribution in [0.1, 0.15) is 5.56 Å². The summed E-state index contributed by atoms with van der Waals surface area (Å²) in [4.78, 5) is 8.45. The number of nitro groups is 1. The molecule has 1 aromatic carbocycles. The molecule has 0 fully saturated rings. The molecule has 0 amide bonds. The highest BCUT2D eigenvalue weighted by Gasteiger charge is 2.30. The van der Waals surface area contributed by atoms with Gasteiger partial charge in [0.05, 0.1) is 16.6 Å². The molecule has 0 saturated heterocycles. The first kappa shape index (κ1) is 15.1. The summed E-state index contributed by atoms with van der Waals surface area (Å²) >= 11 is 0. The summed E-state index contributed by atoms with van der Waals surface area (Å²) in [7, 11) is 0.359. The Kier molecular flexibility index (Phi) is 4.23. The van der Waals surface area contributed by atoms with E-state index in [0.29, 0.717) is 12.1 Å². The Morgan fingerprint density at radius 2 is 2.05 bits per heavy atom. The molecule has 102 valence electrons. The van der Waals surface area contributed by atoms with Crippen molar-refractivity contribution < 1.29 is 26.9 Å². The van der Waals surface area contributed by atoms with Gasteiger partial charge < -0.3 is 4.74 Å². The first-order chi connectivity index (χ1) is 8.66. The minimum atomic E-state index is -4.61. The van der Waals surface area contributed by atoms with Crippen LogP contribution in [-0.4, -0.2) is 20.0 Å². The second-order valence-electron chi connectivity index (χ2n) is 3.01. The van der Waals surface area contributed by atoms with Crippen molar-refractivity contribution in [3.63, 3.8) is 0 Å². The van der Waals surface area contributed by atoms with Crippen LogP contribution in [0.5, 0.6) is 5.75 Å². The van der Waals surface area contributed by atoms with Crippen LogP contribution in [0.4, 0.5) is 14.5 Å². The summed E-state index contributed by atoms with van der Waals surface area (Å²) in [6.45, 7) is -3.50. The maximum Gasteiger partial charge on any atom is 0.387 e. The van der Waals surface area contributed by atoms with E-state index in [1.807, 2.05) is 0 Å². The van der Waals surface area contributed by atoms with Gasteiger partial charge in [-0.15, -0.1) is 0 Å². The number of halogens is 3. The molecule has 0 radical (unpaired) electrons. The van der Waals surface area contributed by atoms with E-state index in [1.165, 1.54) is 6.07 Å². The highest BCUT2D eigenvalue weighted by Crippen LogP contribution is 2.38. The molecule has 0 aliphatic rings. The van der Waals surface area contributed by atoms with Gasteiger partial charge >= 0.3 is 12.3 Å². The van der Waals surface area contributed by atoms with Gasteiger partial charge in [-0.2, -0.15) is 14.0 Å². The molecule has 1 rings (SSSR count). The fourth-order valence-electron chi connectivity index (χ4n) is 1.18. The Morgan fingerprint density at radius 3 is 2.42 bits per heavy atom. The van der Waals surface area contributed by atoms with Gasteiger partial charge in [-0.05, 0) is 6.07 Å². The van der Waals surface area contributed by atoms with Crippen LogP contribution in [0.2, 0.25) is 0 Å². The van der Waals surface area contributed by atoms with Crippen LogP contribution in [0.3, 0.4) is 0 Å². The second kappa shape index (κ2) is 5.33. The lowest BCUT2D eigenvalue weighted by atomic mass is 10.2. The summed E-state index contributed by atoms with van der Waals surface area (Å²) in [5.41, 5.74) is -1.54. The number of benzene rings is 1. The number of alkyl halides is 2. The third kappa shape index (κ3) is 3.49. The largest absolute Gasteiger partial charge is 0.426 e. The zero-order valence-corrected chi connectivity index (χ0v) is 10.3. The van der Waals surface area contributed by atoms with E-state index >= 15 is 0 Å². The Morgan fingerprint density at radius 1 is 1.47 bits per heavy atom. The van der Waals surface area contributed by atoms with Gasteiger partial charge in [0.2, 0.25) is 5.75 Å². The van der Waals surface area contributed by atoms with Gasteiger partial charge in [0.25, 0.3) is 9.05 Å². The van der Waals surface area contributed by atoms with Gasteiger partial charge in [0, 0.05) is 16.7 Å². The van der Waals surface area contributed by atoms with Crippen LogP contribution in [0.25, 0.3) is 0 Å². The Bertz CT molecular complexity index is 670. The van der Waals surface area contributed by atoms with Crippen LogP contribution in [-0.2, 0) is 9.05 Å². The minimum Gasteiger partial charge on any atom is -0.426 e. The molecule has 0 aliphatic carbocycles. The Labute approximate surface area is 109 Å². The number of ether oxygens (including phenoxy) is 1. The predicted molar refractivity (Wildman–Crippen MR) is 57.5 cm³/mol. The monoisotopic (exact) mass is 312 g/mol. The van der Waals surface area contributed by atoms with Crippen LogP contribution < -0.4 is 4.74 Å². The van der Waals surface area contributed by atoms with E-state index in [0.717, 1.165) is 0 Å². The molecular weight excluding hydrogens is 310 g/mol. The van der Waals surface area contributed by atoms with Crippen molar-refractivity contribution in [2.45, 2.75) is 11.5 Å². The zero-order chi connectivity index (χ0) is 14.8. The molecule has 0 bridgehead atoms. The van der Waals surface area contributed by atoms with Crippen LogP contribution in [0, 0.1) is 21.4 Å². The number of nitro benzene ring substituents is 1. The first-order valence-corrected chi connectivity index (χ1v) is 6.59. The maximum absolute atomic E-state index is 12.2. The number of nitrogens with zero attached hydrogens (tertiary/aromatic N) is 2. The maximum atomic E-state index is 12.2.